The summed E-state index contributed by atoms with van der Waals surface area (Å²) in [5.41, 5.74) is 1.02. The van der Waals surface area contributed by atoms with Crippen LogP contribution in [-0.2, 0) is 0 Å². The fourth-order valence-corrected chi connectivity index (χ4v) is 0. The van der Waals surface area contributed by atoms with Crippen molar-refractivity contribution in [2.75, 3.05) is 0 Å². The van der Waals surface area contributed by atoms with E-state index in [2.05, 4.69) is 26.3 Å². The van der Waals surface area contributed by atoms with E-state index >= 15 is 0 Å². The molecule has 0 unspecified atom stereocenters. The Morgan fingerprint density at radius 2 is 1.09 bits per heavy atom. The van der Waals surface area contributed by atoms with Gasteiger partial charge >= 0.3 is 0 Å². The Hall–Kier alpha value is -0.780. The topological polar surface area (TPSA) is 0 Å². The molecule has 0 nitrogen and oxygen atoms in total. The molecule has 0 aliphatic rings. The van der Waals surface area contributed by atoms with Crippen LogP contribution in [0.5, 0.6) is 0 Å². The summed E-state index contributed by atoms with van der Waals surface area (Å²) in [6, 6.07) is 0. The highest BCUT2D eigenvalue weighted by Crippen LogP contribution is 1.81. The van der Waals surface area contributed by atoms with E-state index in [1.54, 1.807) is 6.08 Å². The monoisotopic (exact) mass is 156 g/mol. The molecular weight excluding hydrogens is 132 g/mol. The summed E-state index contributed by atoms with van der Waals surface area (Å²) in [5, 5.41) is 0. The first kappa shape index (κ1) is 22.5. The van der Waals surface area contributed by atoms with Crippen molar-refractivity contribution in [3.05, 3.63) is 38.0 Å². The van der Waals surface area contributed by atoms with Crippen molar-refractivity contribution in [2.45, 2.75) is 34.6 Å². The molecule has 0 amide bonds. The van der Waals surface area contributed by atoms with E-state index in [1.165, 1.54) is 0 Å². The van der Waals surface area contributed by atoms with Crippen LogP contribution in [0.4, 0.5) is 0 Å². The molecule has 0 saturated carbocycles. The van der Waals surface area contributed by atoms with Gasteiger partial charge in [-0.15, -0.1) is 13.2 Å². The van der Waals surface area contributed by atoms with Crippen LogP contribution < -0.4 is 0 Å². The van der Waals surface area contributed by atoms with Crippen LogP contribution in [0.1, 0.15) is 34.6 Å². The smallest absolute Gasteiger partial charge is 0.0404 e. The Kier molecular flexibility index (Phi) is 123. The van der Waals surface area contributed by atoms with Crippen LogP contribution in [0.15, 0.2) is 38.0 Å². The lowest BCUT2D eigenvalue weighted by molar-refractivity contribution is 1.50. The van der Waals surface area contributed by atoms with Crippen LogP contribution in [0.25, 0.3) is 0 Å². The van der Waals surface area contributed by atoms with Gasteiger partial charge in [0.1, 0.15) is 0 Å². The molecule has 0 saturated heterocycles. The molecule has 0 heterocycles. The number of allylic oxidation sites excluding steroid dienone is 2. The molecule has 0 spiro atoms. The van der Waals surface area contributed by atoms with Crippen molar-refractivity contribution >= 4 is 0 Å². The molecule has 11 heavy (non-hydrogen) atoms. The van der Waals surface area contributed by atoms with Crippen LogP contribution >= 0.6 is 0 Å². The number of hydrogen-bond acceptors (Lipinski definition) is 0. The highest BCUT2D eigenvalue weighted by molar-refractivity contribution is 5.05. The molecule has 0 rings (SSSR count). The van der Waals surface area contributed by atoms with E-state index < -0.39 is 0 Å². The molecule has 0 N–H and O–H groups in total. The minimum Gasteiger partial charge on any atom is -0.106 e. The molecule has 68 valence electrons. The lowest BCUT2D eigenvalue weighted by Gasteiger charge is -1.71. The fourth-order valence-electron chi connectivity index (χ4n) is 0. The van der Waals surface area contributed by atoms with Gasteiger partial charge in [0.15, 0.2) is 0 Å². The van der Waals surface area contributed by atoms with E-state index in [1.807, 2.05) is 34.6 Å². The van der Waals surface area contributed by atoms with Gasteiger partial charge in [-0.25, -0.2) is 0 Å². The summed E-state index contributed by atoms with van der Waals surface area (Å²) in [6.07, 6.45) is 1.72. The van der Waals surface area contributed by atoms with Crippen molar-refractivity contribution in [3.63, 3.8) is 0 Å². The second kappa shape index (κ2) is 60.1. The molecule has 0 aromatic carbocycles. The summed E-state index contributed by atoms with van der Waals surface area (Å²) < 4.78 is 0. The summed E-state index contributed by atoms with van der Waals surface area (Å²) in [6.45, 7) is 22.9. The largest absolute Gasteiger partial charge is 0.106 e. The summed E-state index contributed by atoms with van der Waals surface area (Å²) in [4.78, 5) is 0. The Balaban J connectivity index is -0.0000000350. The Morgan fingerprint density at radius 3 is 1.09 bits per heavy atom. The maximum Gasteiger partial charge on any atom is -0.0404 e. The van der Waals surface area contributed by atoms with Crippen LogP contribution in [0, 0.1) is 0 Å². The van der Waals surface area contributed by atoms with Gasteiger partial charge in [-0.2, -0.15) is 0 Å². The average Bonchev–Trinajstić information content (AvgIpc) is 2.15. The van der Waals surface area contributed by atoms with Crippen molar-refractivity contribution in [1.29, 1.82) is 0 Å². The minimum absolute atomic E-state index is 1.02. The van der Waals surface area contributed by atoms with Crippen molar-refractivity contribution in [1.82, 2.24) is 0 Å². The quantitative estimate of drug-likeness (QED) is 0.384. The highest BCUT2D eigenvalue weighted by atomic mass is 13.7. The summed E-state index contributed by atoms with van der Waals surface area (Å²) >= 11 is 0. The maximum absolute atomic E-state index is 3.56. The first-order chi connectivity index (χ1) is 5.27. The lowest BCUT2D eigenvalue weighted by Crippen LogP contribution is -1.50. The van der Waals surface area contributed by atoms with E-state index in [0.717, 1.165) is 5.57 Å². The van der Waals surface area contributed by atoms with Gasteiger partial charge in [-0.3, -0.25) is 0 Å². The van der Waals surface area contributed by atoms with Crippen LogP contribution in [0.3, 0.4) is 0 Å². The number of hydrogen-bond donors (Lipinski definition) is 0. The van der Waals surface area contributed by atoms with Gasteiger partial charge in [0, 0.05) is 0 Å². The minimum atomic E-state index is 1.02. The Morgan fingerprint density at radius 1 is 1.00 bits per heavy atom. The molecule has 0 bridgehead atoms. The standard InChI is InChI=1S/C5H8.2C2H6.C2H4/c1-4-5(2)3;3*1-2/h4H,1-2H2,3H3;2*1-2H3;1-2H2. The first-order valence-electron chi connectivity index (χ1n) is 4.05. The zero-order chi connectivity index (χ0) is 10.3. The Labute approximate surface area is 73.3 Å². The third-order valence-corrected chi connectivity index (χ3v) is 0.348. The SMILES string of the molecule is C=C.C=CC(=C)C.CC.CC. The van der Waals surface area contributed by atoms with E-state index in [-0.39, 0.29) is 0 Å². The molecule has 0 radical (unpaired) electrons. The maximum atomic E-state index is 3.56. The first-order valence-corrected chi connectivity index (χ1v) is 4.05. The normalized spacial score (nSPS) is 4.45. The average molecular weight is 156 g/mol. The summed E-state index contributed by atoms with van der Waals surface area (Å²) in [5.74, 6) is 0. The predicted molar refractivity (Wildman–Crippen MR) is 59.0 cm³/mol. The van der Waals surface area contributed by atoms with Gasteiger partial charge in [-0.05, 0) is 6.92 Å². The molecule has 0 heteroatoms. The molecule has 0 aliphatic heterocycles. The molecule has 0 aliphatic carbocycles. The molecule has 0 atom stereocenters. The third-order valence-electron chi connectivity index (χ3n) is 0.348. The van der Waals surface area contributed by atoms with Crippen molar-refractivity contribution in [2.24, 2.45) is 0 Å². The van der Waals surface area contributed by atoms with Crippen molar-refractivity contribution in [3.8, 4) is 0 Å². The summed E-state index contributed by atoms with van der Waals surface area (Å²) in [7, 11) is 0. The third kappa shape index (κ3) is 323. The second-order valence-corrected chi connectivity index (χ2v) is 1.05. The molecule has 0 aromatic rings. The zero-order valence-corrected chi connectivity index (χ0v) is 8.91. The van der Waals surface area contributed by atoms with Crippen LogP contribution in [0.2, 0.25) is 0 Å². The highest BCUT2D eigenvalue weighted by Gasteiger charge is 1.59. The number of rotatable bonds is 1. The van der Waals surface area contributed by atoms with Crippen LogP contribution in [-0.4, -0.2) is 0 Å². The van der Waals surface area contributed by atoms with E-state index in [9.17, 15) is 0 Å². The molecular formula is C11H24. The zero-order valence-electron chi connectivity index (χ0n) is 8.91. The fraction of sp³-hybridized carbons (Fsp3) is 0.455. The van der Waals surface area contributed by atoms with E-state index in [0.29, 0.717) is 0 Å². The molecule has 0 aromatic heterocycles. The van der Waals surface area contributed by atoms with E-state index in [4.69, 9.17) is 0 Å². The van der Waals surface area contributed by atoms with Gasteiger partial charge < -0.3 is 0 Å². The second-order valence-electron chi connectivity index (χ2n) is 1.05. The van der Waals surface area contributed by atoms with Gasteiger partial charge in [0.25, 0.3) is 0 Å². The predicted octanol–water partition coefficient (Wildman–Crippen LogP) is 4.60. The molecule has 0 fully saturated rings. The lowest BCUT2D eigenvalue weighted by atomic mass is 10.4. The van der Waals surface area contributed by atoms with Crippen molar-refractivity contribution < 1.29 is 0 Å². The Bertz CT molecular complexity index is 60.4. The van der Waals surface area contributed by atoms with Gasteiger partial charge in [0.2, 0.25) is 0 Å². The van der Waals surface area contributed by atoms with Gasteiger partial charge in [0.05, 0.1) is 0 Å². The van der Waals surface area contributed by atoms with Gasteiger partial charge in [-0.1, -0.05) is 52.5 Å².